The lowest BCUT2D eigenvalue weighted by Gasteiger charge is -2.18. The quantitative estimate of drug-likeness (QED) is 0.776. The van der Waals surface area contributed by atoms with Gasteiger partial charge in [-0.05, 0) is 36.8 Å². The molecule has 0 aromatic heterocycles. The molecule has 0 spiro atoms. The van der Waals surface area contributed by atoms with Crippen molar-refractivity contribution in [1.29, 1.82) is 0 Å². The standard InChI is InChI=1S/C20H18ClFN2O4/c1-12-4-2-3-5-17(12)24-10-13(8-19(24)26)20(27)28-11-18(25)23-14-6-7-16(22)15(21)9-14/h2-7,9,13H,8,10-11H2,1H3,(H,23,25)/t13-/m1/s1. The first-order valence-corrected chi connectivity index (χ1v) is 9.00. The van der Waals surface area contributed by atoms with Gasteiger partial charge in [-0.25, -0.2) is 4.39 Å². The number of carbonyl (C=O) groups excluding carboxylic acids is 3. The summed E-state index contributed by atoms with van der Waals surface area (Å²) in [5, 5.41) is 2.33. The van der Waals surface area contributed by atoms with Crippen molar-refractivity contribution in [3.8, 4) is 0 Å². The largest absolute Gasteiger partial charge is 0.455 e. The number of anilines is 2. The van der Waals surface area contributed by atoms with E-state index < -0.39 is 30.2 Å². The molecule has 1 heterocycles. The first kappa shape index (κ1) is 19.8. The van der Waals surface area contributed by atoms with Crippen molar-refractivity contribution in [3.63, 3.8) is 0 Å². The molecule has 146 valence electrons. The molecule has 28 heavy (non-hydrogen) atoms. The normalized spacial score (nSPS) is 16.2. The van der Waals surface area contributed by atoms with Crippen LogP contribution in [0.4, 0.5) is 15.8 Å². The van der Waals surface area contributed by atoms with Crippen LogP contribution >= 0.6 is 11.6 Å². The molecule has 6 nitrogen and oxygen atoms in total. The van der Waals surface area contributed by atoms with Crippen LogP contribution in [-0.4, -0.2) is 30.9 Å². The number of rotatable bonds is 5. The molecule has 2 amide bonds. The number of hydrogen-bond donors (Lipinski definition) is 1. The zero-order valence-corrected chi connectivity index (χ0v) is 15.8. The maximum Gasteiger partial charge on any atom is 0.311 e. The van der Waals surface area contributed by atoms with Crippen LogP contribution in [0.2, 0.25) is 5.02 Å². The van der Waals surface area contributed by atoms with Crippen molar-refractivity contribution in [3.05, 3.63) is 58.9 Å². The van der Waals surface area contributed by atoms with Crippen LogP contribution in [0, 0.1) is 18.7 Å². The zero-order valence-electron chi connectivity index (χ0n) is 15.1. The Balaban J connectivity index is 1.54. The number of aryl methyl sites for hydroxylation is 1. The minimum absolute atomic E-state index is 0.0301. The fraction of sp³-hybridized carbons (Fsp3) is 0.250. The molecule has 0 bridgehead atoms. The van der Waals surface area contributed by atoms with Crippen molar-refractivity contribution in [2.24, 2.45) is 5.92 Å². The monoisotopic (exact) mass is 404 g/mol. The number of para-hydroxylation sites is 1. The fourth-order valence-corrected chi connectivity index (χ4v) is 3.17. The van der Waals surface area contributed by atoms with E-state index in [0.717, 1.165) is 17.3 Å². The topological polar surface area (TPSA) is 75.7 Å². The third-order valence-corrected chi connectivity index (χ3v) is 4.70. The van der Waals surface area contributed by atoms with Crippen molar-refractivity contribution in [2.75, 3.05) is 23.4 Å². The van der Waals surface area contributed by atoms with Gasteiger partial charge in [-0.3, -0.25) is 14.4 Å². The summed E-state index contributed by atoms with van der Waals surface area (Å²) in [6.45, 7) is 1.58. The summed E-state index contributed by atoms with van der Waals surface area (Å²) >= 11 is 5.65. The summed E-state index contributed by atoms with van der Waals surface area (Å²) in [4.78, 5) is 38.0. The molecule has 1 aliphatic heterocycles. The number of ether oxygens (including phenoxy) is 1. The van der Waals surface area contributed by atoms with E-state index in [1.165, 1.54) is 12.1 Å². The predicted octanol–water partition coefficient (Wildman–Crippen LogP) is 3.32. The molecule has 3 rings (SSSR count). The summed E-state index contributed by atoms with van der Waals surface area (Å²) in [6.07, 6.45) is 0.0301. The van der Waals surface area contributed by atoms with E-state index in [1.807, 2.05) is 31.2 Å². The van der Waals surface area contributed by atoms with Gasteiger partial charge in [0.1, 0.15) is 5.82 Å². The molecule has 0 aliphatic carbocycles. The van der Waals surface area contributed by atoms with Gasteiger partial charge < -0.3 is 15.0 Å². The Morgan fingerprint density at radius 2 is 2.04 bits per heavy atom. The Morgan fingerprint density at radius 3 is 2.75 bits per heavy atom. The van der Waals surface area contributed by atoms with Crippen molar-refractivity contribution >= 4 is 40.8 Å². The number of hydrogen-bond acceptors (Lipinski definition) is 4. The average Bonchev–Trinajstić information content (AvgIpc) is 3.05. The van der Waals surface area contributed by atoms with Gasteiger partial charge in [0.2, 0.25) is 5.91 Å². The fourth-order valence-electron chi connectivity index (χ4n) is 2.99. The molecular formula is C20H18ClFN2O4. The number of amides is 2. The van der Waals surface area contributed by atoms with E-state index in [2.05, 4.69) is 5.32 Å². The van der Waals surface area contributed by atoms with Gasteiger partial charge in [-0.1, -0.05) is 29.8 Å². The van der Waals surface area contributed by atoms with Crippen molar-refractivity contribution in [1.82, 2.24) is 0 Å². The van der Waals surface area contributed by atoms with Gasteiger partial charge >= 0.3 is 5.97 Å². The molecule has 1 atom stereocenters. The van der Waals surface area contributed by atoms with E-state index in [4.69, 9.17) is 16.3 Å². The summed E-state index contributed by atoms with van der Waals surface area (Å²) in [5.74, 6) is -2.61. The lowest BCUT2D eigenvalue weighted by molar-refractivity contribution is -0.151. The second kappa shape index (κ2) is 8.39. The Bertz CT molecular complexity index is 934. The predicted molar refractivity (Wildman–Crippen MR) is 103 cm³/mol. The third kappa shape index (κ3) is 4.48. The van der Waals surface area contributed by atoms with Gasteiger partial charge in [-0.15, -0.1) is 0 Å². The van der Waals surface area contributed by atoms with Gasteiger partial charge in [0.05, 0.1) is 10.9 Å². The Labute approximate surface area is 166 Å². The van der Waals surface area contributed by atoms with E-state index in [9.17, 15) is 18.8 Å². The van der Waals surface area contributed by atoms with Gasteiger partial charge in [-0.2, -0.15) is 0 Å². The number of nitrogens with zero attached hydrogens (tertiary/aromatic N) is 1. The average molecular weight is 405 g/mol. The van der Waals surface area contributed by atoms with Crippen LogP contribution in [0.1, 0.15) is 12.0 Å². The molecule has 0 unspecified atom stereocenters. The number of nitrogens with one attached hydrogen (secondary N) is 1. The second-order valence-corrected chi connectivity index (χ2v) is 6.88. The molecule has 2 aromatic rings. The van der Waals surface area contributed by atoms with E-state index in [-0.39, 0.29) is 29.6 Å². The maximum absolute atomic E-state index is 13.1. The number of halogens is 2. The molecule has 1 N–H and O–H groups in total. The van der Waals surface area contributed by atoms with Gasteiger partial charge in [0, 0.05) is 24.3 Å². The van der Waals surface area contributed by atoms with Crippen molar-refractivity contribution in [2.45, 2.75) is 13.3 Å². The lowest BCUT2D eigenvalue weighted by Crippen LogP contribution is -2.28. The van der Waals surface area contributed by atoms with E-state index >= 15 is 0 Å². The van der Waals surface area contributed by atoms with Gasteiger partial charge in [0.25, 0.3) is 5.91 Å². The molecule has 2 aromatic carbocycles. The highest BCUT2D eigenvalue weighted by molar-refractivity contribution is 6.31. The van der Waals surface area contributed by atoms with Crippen LogP contribution in [0.5, 0.6) is 0 Å². The van der Waals surface area contributed by atoms with Crippen LogP contribution in [0.3, 0.4) is 0 Å². The molecule has 0 radical (unpaired) electrons. The summed E-state index contributed by atoms with van der Waals surface area (Å²) < 4.78 is 18.2. The van der Waals surface area contributed by atoms with Crippen LogP contribution < -0.4 is 10.2 Å². The number of esters is 1. The highest BCUT2D eigenvalue weighted by Gasteiger charge is 2.36. The highest BCUT2D eigenvalue weighted by atomic mass is 35.5. The maximum atomic E-state index is 13.1. The van der Waals surface area contributed by atoms with E-state index in [1.54, 1.807) is 4.90 Å². The van der Waals surface area contributed by atoms with Crippen LogP contribution in [0.25, 0.3) is 0 Å². The summed E-state index contributed by atoms with van der Waals surface area (Å²) in [5.41, 5.74) is 1.98. The Hall–Kier alpha value is -2.93. The highest BCUT2D eigenvalue weighted by Crippen LogP contribution is 2.28. The van der Waals surface area contributed by atoms with Crippen LogP contribution in [0.15, 0.2) is 42.5 Å². The third-order valence-electron chi connectivity index (χ3n) is 4.41. The first-order chi connectivity index (χ1) is 13.3. The van der Waals surface area contributed by atoms with Gasteiger partial charge in [0.15, 0.2) is 6.61 Å². The van der Waals surface area contributed by atoms with Crippen molar-refractivity contribution < 1.29 is 23.5 Å². The lowest BCUT2D eigenvalue weighted by atomic mass is 10.1. The smallest absolute Gasteiger partial charge is 0.311 e. The molecule has 1 fully saturated rings. The molecule has 8 heteroatoms. The number of carbonyl (C=O) groups is 3. The minimum atomic E-state index is -0.639. The SMILES string of the molecule is Cc1ccccc1N1C[C@H](C(=O)OCC(=O)Nc2ccc(F)c(Cl)c2)CC1=O. The first-order valence-electron chi connectivity index (χ1n) is 8.62. The summed E-state index contributed by atoms with van der Waals surface area (Å²) in [6, 6.07) is 11.1. The van der Waals surface area contributed by atoms with Crippen LogP contribution in [-0.2, 0) is 19.1 Å². The van der Waals surface area contributed by atoms with E-state index in [0.29, 0.717) is 0 Å². The summed E-state index contributed by atoms with van der Waals surface area (Å²) in [7, 11) is 0. The molecule has 1 aliphatic rings. The molecular weight excluding hydrogens is 387 g/mol. The second-order valence-electron chi connectivity index (χ2n) is 6.48. The zero-order chi connectivity index (χ0) is 20.3. The number of benzene rings is 2. The molecule has 0 saturated carbocycles. The Kier molecular flexibility index (Phi) is 5.94. The molecule has 1 saturated heterocycles. The minimum Gasteiger partial charge on any atom is -0.455 e. The Morgan fingerprint density at radius 1 is 1.29 bits per heavy atom.